The van der Waals surface area contributed by atoms with E-state index in [4.69, 9.17) is 16.3 Å². The van der Waals surface area contributed by atoms with Crippen molar-refractivity contribution in [1.29, 1.82) is 5.26 Å². The van der Waals surface area contributed by atoms with E-state index in [0.717, 1.165) is 11.3 Å². The highest BCUT2D eigenvalue weighted by molar-refractivity contribution is 6.31. The van der Waals surface area contributed by atoms with E-state index in [1.165, 1.54) is 4.57 Å². The molecule has 0 spiro atoms. The van der Waals surface area contributed by atoms with Crippen LogP contribution in [0.1, 0.15) is 11.4 Å². The second-order valence-corrected chi connectivity index (χ2v) is 5.66. The summed E-state index contributed by atoms with van der Waals surface area (Å²) in [4.78, 5) is 16.9. The van der Waals surface area contributed by atoms with Crippen molar-refractivity contribution in [3.8, 4) is 11.8 Å². The van der Waals surface area contributed by atoms with Crippen LogP contribution < -0.4 is 10.3 Å². The first-order chi connectivity index (χ1) is 11.6. The number of benzene rings is 2. The minimum absolute atomic E-state index is 0.0738. The Balaban J connectivity index is 2.03. The first-order valence-electron chi connectivity index (χ1n) is 7.36. The molecule has 3 rings (SSSR count). The predicted octanol–water partition coefficient (Wildman–Crippen LogP) is 3.17. The smallest absolute Gasteiger partial charge is 0.262 e. The average molecular weight is 340 g/mol. The summed E-state index contributed by atoms with van der Waals surface area (Å²) < 4.78 is 6.71. The van der Waals surface area contributed by atoms with Crippen LogP contribution in [-0.2, 0) is 13.0 Å². The number of hydrogen-bond donors (Lipinski definition) is 0. The van der Waals surface area contributed by atoms with E-state index in [1.54, 1.807) is 25.3 Å². The van der Waals surface area contributed by atoms with Crippen LogP contribution in [-0.4, -0.2) is 16.7 Å². The summed E-state index contributed by atoms with van der Waals surface area (Å²) in [6.45, 7) is 0.341. The molecule has 3 aromatic rings. The average Bonchev–Trinajstić information content (AvgIpc) is 2.60. The first kappa shape index (κ1) is 16.0. The van der Waals surface area contributed by atoms with Gasteiger partial charge in [-0.2, -0.15) is 5.26 Å². The largest absolute Gasteiger partial charge is 0.496 e. The lowest BCUT2D eigenvalue weighted by Crippen LogP contribution is -2.25. The van der Waals surface area contributed by atoms with E-state index in [9.17, 15) is 10.1 Å². The summed E-state index contributed by atoms with van der Waals surface area (Å²) in [5, 5.41) is 10.3. The lowest BCUT2D eigenvalue weighted by molar-refractivity contribution is 0.408. The van der Waals surface area contributed by atoms with Crippen molar-refractivity contribution in [2.75, 3.05) is 7.11 Å². The first-order valence-corrected chi connectivity index (χ1v) is 7.74. The van der Waals surface area contributed by atoms with Crippen LogP contribution in [0.2, 0.25) is 5.02 Å². The molecule has 0 saturated heterocycles. The van der Waals surface area contributed by atoms with Gasteiger partial charge in [0.25, 0.3) is 5.56 Å². The molecule has 0 aliphatic heterocycles. The number of fused-ring (bicyclic) bond motifs is 1. The van der Waals surface area contributed by atoms with Gasteiger partial charge in [-0.05, 0) is 36.2 Å². The molecule has 5 nitrogen and oxygen atoms in total. The fourth-order valence-corrected chi connectivity index (χ4v) is 2.80. The van der Waals surface area contributed by atoms with E-state index in [0.29, 0.717) is 28.9 Å². The molecule has 0 bridgehead atoms. The zero-order chi connectivity index (χ0) is 17.1. The minimum Gasteiger partial charge on any atom is -0.496 e. The third-order valence-corrected chi connectivity index (χ3v) is 4.05. The summed E-state index contributed by atoms with van der Waals surface area (Å²) in [5.74, 6) is 0.828. The molecule has 0 aliphatic rings. The van der Waals surface area contributed by atoms with Crippen LogP contribution in [0.5, 0.6) is 5.75 Å². The lowest BCUT2D eigenvalue weighted by Gasteiger charge is -2.11. The van der Waals surface area contributed by atoms with Crippen molar-refractivity contribution < 1.29 is 4.74 Å². The minimum atomic E-state index is -0.247. The van der Waals surface area contributed by atoms with Crippen molar-refractivity contribution in [2.24, 2.45) is 0 Å². The molecule has 0 aliphatic carbocycles. The number of nitrogens with zero attached hydrogens (tertiary/aromatic N) is 3. The number of rotatable bonds is 4. The number of aromatic nitrogens is 2. The van der Waals surface area contributed by atoms with E-state index in [2.05, 4.69) is 4.98 Å². The Labute approximate surface area is 143 Å². The number of nitriles is 1. The van der Waals surface area contributed by atoms with Crippen LogP contribution in [0.3, 0.4) is 0 Å². The molecule has 0 fully saturated rings. The van der Waals surface area contributed by atoms with Gasteiger partial charge in [0.05, 0.1) is 18.0 Å². The highest BCUT2D eigenvalue weighted by Crippen LogP contribution is 2.19. The maximum absolute atomic E-state index is 12.7. The van der Waals surface area contributed by atoms with Crippen molar-refractivity contribution in [3.63, 3.8) is 0 Å². The van der Waals surface area contributed by atoms with Crippen molar-refractivity contribution in [3.05, 3.63) is 69.2 Å². The molecule has 0 atom stereocenters. The number of methoxy groups -OCH3 is 1. The molecular formula is C18H14ClN3O2. The van der Waals surface area contributed by atoms with Gasteiger partial charge in [-0.15, -0.1) is 0 Å². The highest BCUT2D eigenvalue weighted by Gasteiger charge is 2.12. The molecular weight excluding hydrogens is 326 g/mol. The topological polar surface area (TPSA) is 67.9 Å². The van der Waals surface area contributed by atoms with Gasteiger partial charge in [0.1, 0.15) is 11.8 Å². The summed E-state index contributed by atoms with van der Waals surface area (Å²) in [6.07, 6.45) is 0.555. The summed E-state index contributed by atoms with van der Waals surface area (Å²) in [6, 6.07) is 14.4. The third-order valence-electron chi connectivity index (χ3n) is 3.81. The molecule has 24 heavy (non-hydrogen) atoms. The summed E-state index contributed by atoms with van der Waals surface area (Å²) >= 11 is 5.94. The van der Waals surface area contributed by atoms with Gasteiger partial charge in [0.2, 0.25) is 5.82 Å². The van der Waals surface area contributed by atoms with Crippen molar-refractivity contribution in [2.45, 2.75) is 13.0 Å². The van der Waals surface area contributed by atoms with Gasteiger partial charge in [-0.1, -0.05) is 29.8 Å². The number of ether oxygens (including phenoxy) is 1. The molecule has 6 heteroatoms. The number of hydrogen-bond acceptors (Lipinski definition) is 4. The van der Waals surface area contributed by atoms with Crippen LogP contribution >= 0.6 is 11.6 Å². The fraction of sp³-hybridized carbons (Fsp3) is 0.167. The standard InChI is InChI=1S/C18H14ClN3O2/c1-24-16-5-3-2-4-12(16)8-9-22-17(11-20)21-15-10-13(19)6-7-14(15)18(22)23/h2-7,10H,8-9H2,1H3. The third kappa shape index (κ3) is 2.97. The number of halogens is 1. The van der Waals surface area contributed by atoms with E-state index >= 15 is 0 Å². The predicted molar refractivity (Wildman–Crippen MR) is 92.4 cm³/mol. The second-order valence-electron chi connectivity index (χ2n) is 5.23. The fourth-order valence-electron chi connectivity index (χ4n) is 2.63. The van der Waals surface area contributed by atoms with E-state index < -0.39 is 0 Å². The van der Waals surface area contributed by atoms with E-state index in [1.807, 2.05) is 30.3 Å². The van der Waals surface area contributed by atoms with Crippen molar-refractivity contribution >= 4 is 22.5 Å². The molecule has 0 unspecified atom stereocenters. The summed E-state index contributed by atoms with van der Waals surface area (Å²) in [7, 11) is 1.60. The molecule has 2 aromatic carbocycles. The number of para-hydroxylation sites is 1. The second kappa shape index (κ2) is 6.73. The lowest BCUT2D eigenvalue weighted by atomic mass is 10.1. The van der Waals surface area contributed by atoms with Crippen molar-refractivity contribution in [1.82, 2.24) is 9.55 Å². The Hall–Kier alpha value is -2.84. The van der Waals surface area contributed by atoms with Gasteiger partial charge in [-0.3, -0.25) is 9.36 Å². The van der Waals surface area contributed by atoms with E-state index in [-0.39, 0.29) is 11.4 Å². The maximum Gasteiger partial charge on any atom is 0.262 e. The highest BCUT2D eigenvalue weighted by atomic mass is 35.5. The monoisotopic (exact) mass is 339 g/mol. The Bertz CT molecular complexity index is 1010. The van der Waals surface area contributed by atoms with Crippen LogP contribution in [0, 0.1) is 11.3 Å². The maximum atomic E-state index is 12.7. The molecule has 0 amide bonds. The zero-order valence-electron chi connectivity index (χ0n) is 13.0. The Morgan fingerprint density at radius 2 is 2.08 bits per heavy atom. The van der Waals surface area contributed by atoms with Gasteiger partial charge in [0.15, 0.2) is 0 Å². The molecule has 0 saturated carbocycles. The quantitative estimate of drug-likeness (QED) is 0.732. The van der Waals surface area contributed by atoms with Gasteiger partial charge >= 0.3 is 0 Å². The molecule has 1 aromatic heterocycles. The SMILES string of the molecule is COc1ccccc1CCn1c(C#N)nc2cc(Cl)ccc2c1=O. The zero-order valence-corrected chi connectivity index (χ0v) is 13.7. The van der Waals surface area contributed by atoms with Crippen LogP contribution in [0.4, 0.5) is 0 Å². The molecule has 0 N–H and O–H groups in total. The Morgan fingerprint density at radius 3 is 2.83 bits per heavy atom. The summed E-state index contributed by atoms with van der Waals surface area (Å²) in [5.41, 5.74) is 1.15. The normalized spacial score (nSPS) is 10.5. The van der Waals surface area contributed by atoms with Gasteiger partial charge < -0.3 is 4.74 Å². The Morgan fingerprint density at radius 1 is 1.29 bits per heavy atom. The van der Waals surface area contributed by atoms with Gasteiger partial charge in [-0.25, -0.2) is 4.98 Å². The molecule has 0 radical (unpaired) electrons. The Kier molecular flexibility index (Phi) is 4.50. The molecule has 1 heterocycles. The van der Waals surface area contributed by atoms with Crippen LogP contribution in [0.25, 0.3) is 10.9 Å². The van der Waals surface area contributed by atoms with Crippen LogP contribution in [0.15, 0.2) is 47.3 Å². The number of aryl methyl sites for hydroxylation is 1. The molecule has 120 valence electrons. The van der Waals surface area contributed by atoms with Gasteiger partial charge in [0, 0.05) is 11.6 Å².